The lowest BCUT2D eigenvalue weighted by molar-refractivity contribution is -0.268. The van der Waals surface area contributed by atoms with Crippen LogP contribution in [0.1, 0.15) is 13.8 Å². The third kappa shape index (κ3) is 1.45. The molecule has 0 spiro atoms. The SMILES string of the molecule is COC1(C(=O)O)OCC2OC(C)(C)OC21. The molecule has 0 aromatic rings. The van der Waals surface area contributed by atoms with Gasteiger partial charge in [0.1, 0.15) is 6.10 Å². The number of ether oxygens (including phenoxy) is 4. The van der Waals surface area contributed by atoms with Crippen LogP contribution in [-0.2, 0) is 23.7 Å². The largest absolute Gasteiger partial charge is 0.477 e. The first-order valence-electron chi connectivity index (χ1n) is 4.69. The van der Waals surface area contributed by atoms with E-state index in [1.165, 1.54) is 7.11 Å². The van der Waals surface area contributed by atoms with Gasteiger partial charge in [0.2, 0.25) is 0 Å². The van der Waals surface area contributed by atoms with Gasteiger partial charge in [0.15, 0.2) is 11.9 Å². The number of hydrogen-bond donors (Lipinski definition) is 1. The van der Waals surface area contributed by atoms with E-state index >= 15 is 0 Å². The van der Waals surface area contributed by atoms with Gasteiger partial charge < -0.3 is 24.1 Å². The van der Waals surface area contributed by atoms with E-state index in [-0.39, 0.29) is 6.61 Å². The van der Waals surface area contributed by atoms with Gasteiger partial charge in [-0.2, -0.15) is 0 Å². The number of carbonyl (C=O) groups is 1. The fourth-order valence-electron chi connectivity index (χ4n) is 2.01. The van der Waals surface area contributed by atoms with Crippen molar-refractivity contribution in [1.29, 1.82) is 0 Å². The molecule has 0 aromatic carbocycles. The first-order chi connectivity index (χ1) is 6.91. The van der Waals surface area contributed by atoms with Crippen LogP contribution in [0.4, 0.5) is 0 Å². The number of hydrogen-bond acceptors (Lipinski definition) is 5. The number of fused-ring (bicyclic) bond motifs is 1. The molecule has 0 aliphatic carbocycles. The molecule has 2 aliphatic rings. The summed E-state index contributed by atoms with van der Waals surface area (Å²) in [6.07, 6.45) is -1.12. The Balaban J connectivity index is 2.27. The maximum absolute atomic E-state index is 11.1. The topological polar surface area (TPSA) is 74.2 Å². The zero-order valence-corrected chi connectivity index (χ0v) is 8.85. The monoisotopic (exact) mass is 218 g/mol. The van der Waals surface area contributed by atoms with Crippen LogP contribution in [0.25, 0.3) is 0 Å². The summed E-state index contributed by atoms with van der Waals surface area (Å²) in [7, 11) is 1.28. The van der Waals surface area contributed by atoms with Crippen LogP contribution in [-0.4, -0.2) is 48.6 Å². The molecule has 2 aliphatic heterocycles. The molecule has 1 N–H and O–H groups in total. The molecule has 6 heteroatoms. The minimum Gasteiger partial charge on any atom is -0.477 e. The van der Waals surface area contributed by atoms with Gasteiger partial charge in [0, 0.05) is 7.11 Å². The molecule has 0 amide bonds. The van der Waals surface area contributed by atoms with Gasteiger partial charge >= 0.3 is 5.97 Å². The van der Waals surface area contributed by atoms with Crippen LogP contribution in [0.15, 0.2) is 0 Å². The number of methoxy groups -OCH3 is 1. The van der Waals surface area contributed by atoms with Gasteiger partial charge in [-0.1, -0.05) is 0 Å². The minimum absolute atomic E-state index is 0.161. The average Bonchev–Trinajstić information content (AvgIpc) is 2.58. The third-order valence-corrected chi connectivity index (χ3v) is 2.62. The zero-order valence-electron chi connectivity index (χ0n) is 8.85. The second kappa shape index (κ2) is 3.15. The zero-order chi connectivity index (χ0) is 11.3. The first-order valence-corrected chi connectivity index (χ1v) is 4.69. The van der Waals surface area contributed by atoms with Crippen molar-refractivity contribution in [2.45, 2.75) is 37.6 Å². The summed E-state index contributed by atoms with van der Waals surface area (Å²) in [6.45, 7) is 3.62. The van der Waals surface area contributed by atoms with Crippen molar-refractivity contribution in [3.63, 3.8) is 0 Å². The lowest BCUT2D eigenvalue weighted by Crippen LogP contribution is -2.51. The van der Waals surface area contributed by atoms with Crippen LogP contribution < -0.4 is 0 Å². The average molecular weight is 218 g/mol. The Hall–Kier alpha value is -0.690. The van der Waals surface area contributed by atoms with Gasteiger partial charge in [0.25, 0.3) is 5.79 Å². The Morgan fingerprint density at radius 2 is 2.13 bits per heavy atom. The van der Waals surface area contributed by atoms with Gasteiger partial charge in [-0.3, -0.25) is 0 Å². The molecule has 2 fully saturated rings. The summed E-state index contributed by atoms with van der Waals surface area (Å²) < 4.78 is 21.1. The second-order valence-corrected chi connectivity index (χ2v) is 4.08. The highest BCUT2D eigenvalue weighted by atomic mass is 16.8. The van der Waals surface area contributed by atoms with Crippen molar-refractivity contribution in [3.8, 4) is 0 Å². The van der Waals surface area contributed by atoms with Crippen molar-refractivity contribution < 1.29 is 28.8 Å². The molecule has 0 aromatic heterocycles. The van der Waals surface area contributed by atoms with E-state index in [9.17, 15) is 4.79 Å². The van der Waals surface area contributed by atoms with Gasteiger partial charge in [-0.25, -0.2) is 4.79 Å². The Labute approximate surface area is 87.1 Å². The van der Waals surface area contributed by atoms with Crippen molar-refractivity contribution in [2.75, 3.05) is 13.7 Å². The molecule has 0 radical (unpaired) electrons. The molecule has 15 heavy (non-hydrogen) atoms. The van der Waals surface area contributed by atoms with E-state index in [1.807, 2.05) is 0 Å². The molecular formula is C9H14O6. The Morgan fingerprint density at radius 3 is 2.67 bits per heavy atom. The van der Waals surface area contributed by atoms with E-state index in [1.54, 1.807) is 13.8 Å². The molecule has 6 nitrogen and oxygen atoms in total. The van der Waals surface area contributed by atoms with Gasteiger partial charge in [-0.05, 0) is 13.8 Å². The summed E-state index contributed by atoms with van der Waals surface area (Å²) in [5, 5.41) is 9.10. The normalized spacial score (nSPS) is 42.9. The molecule has 2 heterocycles. The summed E-state index contributed by atoms with van der Waals surface area (Å²) >= 11 is 0. The van der Waals surface area contributed by atoms with Crippen LogP contribution in [0.2, 0.25) is 0 Å². The lowest BCUT2D eigenvalue weighted by atomic mass is 10.1. The predicted molar refractivity (Wildman–Crippen MR) is 47.2 cm³/mol. The standard InChI is InChI=1S/C9H14O6/c1-8(2)14-5-4-13-9(12-3,7(10)11)6(5)15-8/h5-6H,4H2,1-3H3,(H,10,11). The highest BCUT2D eigenvalue weighted by Gasteiger charge is 2.63. The second-order valence-electron chi connectivity index (χ2n) is 4.08. The van der Waals surface area contributed by atoms with Crippen molar-refractivity contribution in [2.24, 2.45) is 0 Å². The molecule has 2 saturated heterocycles. The molecular weight excluding hydrogens is 204 g/mol. The van der Waals surface area contributed by atoms with Crippen LogP contribution in [0.3, 0.4) is 0 Å². The van der Waals surface area contributed by atoms with E-state index in [0.29, 0.717) is 0 Å². The van der Waals surface area contributed by atoms with E-state index in [4.69, 9.17) is 24.1 Å². The van der Waals surface area contributed by atoms with Crippen LogP contribution >= 0.6 is 0 Å². The fraction of sp³-hybridized carbons (Fsp3) is 0.889. The van der Waals surface area contributed by atoms with Crippen molar-refractivity contribution >= 4 is 5.97 Å². The van der Waals surface area contributed by atoms with E-state index in [0.717, 1.165) is 0 Å². The maximum Gasteiger partial charge on any atom is 0.367 e. The Bertz CT molecular complexity index is 288. The first kappa shape index (κ1) is 10.8. The Kier molecular flexibility index (Phi) is 2.27. The van der Waals surface area contributed by atoms with Crippen LogP contribution in [0.5, 0.6) is 0 Å². The summed E-state index contributed by atoms with van der Waals surface area (Å²) in [4.78, 5) is 11.1. The quantitative estimate of drug-likeness (QED) is 0.701. The molecule has 2 rings (SSSR count). The number of rotatable bonds is 2. The maximum atomic E-state index is 11.1. The highest BCUT2D eigenvalue weighted by molar-refractivity contribution is 5.77. The highest BCUT2D eigenvalue weighted by Crippen LogP contribution is 2.41. The smallest absolute Gasteiger partial charge is 0.367 e. The molecule has 3 unspecified atom stereocenters. The fourth-order valence-corrected chi connectivity index (χ4v) is 2.01. The molecule has 86 valence electrons. The molecule has 3 atom stereocenters. The third-order valence-electron chi connectivity index (χ3n) is 2.62. The van der Waals surface area contributed by atoms with E-state index in [2.05, 4.69) is 0 Å². The summed E-state index contributed by atoms with van der Waals surface area (Å²) in [5.74, 6) is -3.73. The van der Waals surface area contributed by atoms with Crippen LogP contribution in [0, 0.1) is 0 Å². The minimum atomic E-state index is -1.74. The number of carboxylic acid groups (broad SMARTS) is 1. The number of aliphatic carboxylic acids is 1. The number of carboxylic acids is 1. The lowest BCUT2D eigenvalue weighted by Gasteiger charge is -2.28. The van der Waals surface area contributed by atoms with Gasteiger partial charge in [0.05, 0.1) is 6.61 Å². The van der Waals surface area contributed by atoms with Gasteiger partial charge in [-0.15, -0.1) is 0 Å². The predicted octanol–water partition coefficient (Wildman–Crippen LogP) is -0.0360. The summed E-state index contributed by atoms with van der Waals surface area (Å²) in [5.41, 5.74) is 0. The van der Waals surface area contributed by atoms with Crippen molar-refractivity contribution in [3.05, 3.63) is 0 Å². The van der Waals surface area contributed by atoms with E-state index < -0.39 is 29.8 Å². The Morgan fingerprint density at radius 1 is 1.47 bits per heavy atom. The molecule has 0 saturated carbocycles. The molecule has 0 bridgehead atoms. The summed E-state index contributed by atoms with van der Waals surface area (Å²) in [6, 6.07) is 0. The van der Waals surface area contributed by atoms with Crippen molar-refractivity contribution in [1.82, 2.24) is 0 Å².